The summed E-state index contributed by atoms with van der Waals surface area (Å²) in [4.78, 5) is 0. The summed E-state index contributed by atoms with van der Waals surface area (Å²) in [5.74, 6) is -0.929. The van der Waals surface area contributed by atoms with Crippen molar-refractivity contribution in [3.63, 3.8) is 0 Å². The fourth-order valence-electron chi connectivity index (χ4n) is 1.58. The first-order valence-electron chi connectivity index (χ1n) is 4.30. The molecule has 1 heterocycles. The van der Waals surface area contributed by atoms with E-state index in [0.29, 0.717) is 6.42 Å². The van der Waals surface area contributed by atoms with Crippen molar-refractivity contribution in [1.29, 1.82) is 0 Å². The van der Waals surface area contributed by atoms with Gasteiger partial charge in [-0.05, 0) is 0 Å². The van der Waals surface area contributed by atoms with Crippen LogP contribution in [0.25, 0.3) is 0 Å². The molecule has 0 radical (unpaired) electrons. The van der Waals surface area contributed by atoms with Gasteiger partial charge in [-0.25, -0.2) is 0 Å². The molecule has 0 aliphatic carbocycles. The third-order valence-corrected chi connectivity index (χ3v) is 2.36. The zero-order valence-electron chi connectivity index (χ0n) is 7.64. The lowest BCUT2D eigenvalue weighted by Crippen LogP contribution is -2.33. The second-order valence-electron chi connectivity index (χ2n) is 3.20. The summed E-state index contributed by atoms with van der Waals surface area (Å²) in [5.41, 5.74) is 0. The summed E-state index contributed by atoms with van der Waals surface area (Å²) in [6, 6.07) is 0. The molecule has 0 aromatic carbocycles. The Morgan fingerprint density at radius 3 is 2.62 bits per heavy atom. The molecule has 0 amide bonds. The molecule has 0 unspecified atom stereocenters. The molecule has 1 aliphatic heterocycles. The zero-order chi connectivity index (χ0) is 9.90. The maximum atomic E-state index is 9.44. The summed E-state index contributed by atoms with van der Waals surface area (Å²) < 4.78 is 10.4. The molecule has 0 saturated carbocycles. The minimum absolute atomic E-state index is 0.0707. The standard InChI is InChI=1S/C8H16O5/c1-12-8(2-3-9)4-6(11)7(5-10)13-8/h6-7,9-11H,2-5H2,1H3/t6-,7+,8+/m0/s1. The van der Waals surface area contributed by atoms with Crippen molar-refractivity contribution < 1.29 is 24.8 Å². The van der Waals surface area contributed by atoms with E-state index in [1.807, 2.05) is 0 Å². The molecule has 3 atom stereocenters. The maximum absolute atomic E-state index is 9.44. The first-order chi connectivity index (χ1) is 6.17. The van der Waals surface area contributed by atoms with Crippen LogP contribution in [0.4, 0.5) is 0 Å². The van der Waals surface area contributed by atoms with E-state index in [4.69, 9.17) is 19.7 Å². The molecule has 5 nitrogen and oxygen atoms in total. The van der Waals surface area contributed by atoms with Gasteiger partial charge < -0.3 is 24.8 Å². The number of aliphatic hydroxyl groups excluding tert-OH is 3. The fourth-order valence-corrected chi connectivity index (χ4v) is 1.58. The molecule has 1 aliphatic rings. The maximum Gasteiger partial charge on any atom is 0.173 e. The minimum atomic E-state index is -0.929. The van der Waals surface area contributed by atoms with E-state index in [9.17, 15) is 5.11 Å². The Kier molecular flexibility index (Phi) is 3.63. The van der Waals surface area contributed by atoms with Gasteiger partial charge in [-0.3, -0.25) is 0 Å². The lowest BCUT2D eigenvalue weighted by molar-refractivity contribution is -0.223. The number of methoxy groups -OCH3 is 1. The van der Waals surface area contributed by atoms with E-state index in [-0.39, 0.29) is 19.6 Å². The van der Waals surface area contributed by atoms with Crippen LogP contribution in [0.1, 0.15) is 12.8 Å². The van der Waals surface area contributed by atoms with Crippen molar-refractivity contribution >= 4 is 0 Å². The molecule has 1 fully saturated rings. The minimum Gasteiger partial charge on any atom is -0.396 e. The normalized spacial score (nSPS) is 39.7. The highest BCUT2D eigenvalue weighted by Crippen LogP contribution is 2.33. The van der Waals surface area contributed by atoms with Crippen molar-refractivity contribution in [3.05, 3.63) is 0 Å². The van der Waals surface area contributed by atoms with Crippen LogP contribution in [0.5, 0.6) is 0 Å². The van der Waals surface area contributed by atoms with Gasteiger partial charge in [0.25, 0.3) is 0 Å². The smallest absolute Gasteiger partial charge is 0.173 e. The van der Waals surface area contributed by atoms with Crippen LogP contribution in [0, 0.1) is 0 Å². The molecule has 0 aromatic heterocycles. The van der Waals surface area contributed by atoms with Crippen molar-refractivity contribution in [3.8, 4) is 0 Å². The first kappa shape index (κ1) is 10.9. The van der Waals surface area contributed by atoms with Crippen molar-refractivity contribution in [2.75, 3.05) is 20.3 Å². The second-order valence-corrected chi connectivity index (χ2v) is 3.20. The fraction of sp³-hybridized carbons (Fsp3) is 1.00. The highest BCUT2D eigenvalue weighted by atomic mass is 16.7. The van der Waals surface area contributed by atoms with Crippen LogP contribution in [-0.4, -0.2) is 53.6 Å². The van der Waals surface area contributed by atoms with E-state index in [2.05, 4.69) is 0 Å². The van der Waals surface area contributed by atoms with E-state index >= 15 is 0 Å². The van der Waals surface area contributed by atoms with Gasteiger partial charge in [0.2, 0.25) is 0 Å². The average molecular weight is 192 g/mol. The number of hydrogen-bond donors (Lipinski definition) is 3. The molecule has 1 saturated heterocycles. The van der Waals surface area contributed by atoms with Gasteiger partial charge >= 0.3 is 0 Å². The molecule has 0 aromatic rings. The molecular formula is C8H16O5. The summed E-state index contributed by atoms with van der Waals surface area (Å²) in [6.45, 7) is -0.309. The van der Waals surface area contributed by atoms with E-state index in [1.54, 1.807) is 0 Å². The summed E-state index contributed by atoms with van der Waals surface area (Å²) >= 11 is 0. The van der Waals surface area contributed by atoms with Crippen LogP contribution >= 0.6 is 0 Å². The largest absolute Gasteiger partial charge is 0.396 e. The lowest BCUT2D eigenvalue weighted by Gasteiger charge is -2.26. The summed E-state index contributed by atoms with van der Waals surface area (Å²) in [7, 11) is 1.46. The van der Waals surface area contributed by atoms with Gasteiger partial charge in [-0.1, -0.05) is 0 Å². The molecule has 3 N–H and O–H groups in total. The van der Waals surface area contributed by atoms with Crippen LogP contribution in [0.2, 0.25) is 0 Å². The summed E-state index contributed by atoms with van der Waals surface area (Å²) in [6.07, 6.45) is -0.741. The topological polar surface area (TPSA) is 79.2 Å². The van der Waals surface area contributed by atoms with E-state index < -0.39 is 18.0 Å². The van der Waals surface area contributed by atoms with Gasteiger partial charge in [0.05, 0.1) is 12.7 Å². The van der Waals surface area contributed by atoms with Crippen LogP contribution < -0.4 is 0 Å². The number of aliphatic hydroxyl groups is 3. The zero-order valence-corrected chi connectivity index (χ0v) is 7.64. The van der Waals surface area contributed by atoms with Crippen molar-refractivity contribution in [2.45, 2.75) is 30.8 Å². The predicted octanol–water partition coefficient (Wildman–Crippen LogP) is -1.15. The van der Waals surface area contributed by atoms with Gasteiger partial charge in [-0.15, -0.1) is 0 Å². The van der Waals surface area contributed by atoms with Crippen LogP contribution in [0.3, 0.4) is 0 Å². The molecule has 5 heteroatoms. The highest BCUT2D eigenvalue weighted by molar-refractivity contribution is 4.87. The summed E-state index contributed by atoms with van der Waals surface area (Å²) in [5, 5.41) is 27.0. The van der Waals surface area contributed by atoms with Crippen LogP contribution in [-0.2, 0) is 9.47 Å². The second kappa shape index (κ2) is 4.34. The SMILES string of the molecule is CO[C@@]1(CCO)C[C@H](O)[C@@H](CO)O1. The quantitative estimate of drug-likeness (QED) is 0.524. The predicted molar refractivity (Wildman–Crippen MR) is 44.0 cm³/mol. The van der Waals surface area contributed by atoms with Crippen LogP contribution in [0.15, 0.2) is 0 Å². The van der Waals surface area contributed by atoms with Gasteiger partial charge in [0.1, 0.15) is 6.10 Å². The number of ether oxygens (including phenoxy) is 2. The lowest BCUT2D eigenvalue weighted by atomic mass is 10.1. The Labute approximate surface area is 76.9 Å². The third kappa shape index (κ3) is 2.18. The Balaban J connectivity index is 2.60. The molecule has 1 rings (SSSR count). The molecular weight excluding hydrogens is 176 g/mol. The average Bonchev–Trinajstić information content (AvgIpc) is 2.44. The van der Waals surface area contributed by atoms with Gasteiger partial charge in [0, 0.05) is 26.6 Å². The number of rotatable bonds is 4. The Bertz CT molecular complexity index is 163. The first-order valence-corrected chi connectivity index (χ1v) is 4.30. The Morgan fingerprint density at radius 1 is 1.54 bits per heavy atom. The Morgan fingerprint density at radius 2 is 2.23 bits per heavy atom. The molecule has 13 heavy (non-hydrogen) atoms. The van der Waals surface area contributed by atoms with Gasteiger partial charge in [0.15, 0.2) is 5.79 Å². The van der Waals surface area contributed by atoms with E-state index in [1.165, 1.54) is 7.11 Å². The third-order valence-electron chi connectivity index (χ3n) is 2.36. The van der Waals surface area contributed by atoms with Crippen molar-refractivity contribution in [1.82, 2.24) is 0 Å². The Hall–Kier alpha value is -0.200. The number of hydrogen-bond acceptors (Lipinski definition) is 5. The van der Waals surface area contributed by atoms with Gasteiger partial charge in [-0.2, -0.15) is 0 Å². The molecule has 0 bridgehead atoms. The highest BCUT2D eigenvalue weighted by Gasteiger charge is 2.45. The van der Waals surface area contributed by atoms with E-state index in [0.717, 1.165) is 0 Å². The molecule has 78 valence electrons. The molecule has 0 spiro atoms. The monoisotopic (exact) mass is 192 g/mol. The van der Waals surface area contributed by atoms with Crippen molar-refractivity contribution in [2.24, 2.45) is 0 Å².